The average Bonchev–Trinajstić information content (AvgIpc) is 2.83. The van der Waals surface area contributed by atoms with Crippen molar-refractivity contribution in [1.82, 2.24) is 0 Å². The minimum absolute atomic E-state index is 0.543. The van der Waals surface area contributed by atoms with Gasteiger partial charge in [-0.15, -0.1) is 0 Å². The van der Waals surface area contributed by atoms with Crippen LogP contribution in [-0.4, -0.2) is 5.11 Å². The summed E-state index contributed by atoms with van der Waals surface area (Å²) in [4.78, 5) is 0. The highest BCUT2D eigenvalue weighted by atomic mass is 16.3. The van der Waals surface area contributed by atoms with E-state index in [1.807, 2.05) is 0 Å². The Morgan fingerprint density at radius 3 is 1.52 bits per heavy atom. The van der Waals surface area contributed by atoms with Crippen molar-refractivity contribution in [2.75, 3.05) is 0 Å². The molecule has 0 heterocycles. The molecule has 31 heavy (non-hydrogen) atoms. The second-order valence-corrected chi connectivity index (χ2v) is 9.04. The molecule has 3 aromatic rings. The molecule has 0 spiro atoms. The number of phenolic OH excluding ortho intramolecular Hbond substituents is 1. The van der Waals surface area contributed by atoms with E-state index in [0.717, 1.165) is 36.8 Å². The lowest BCUT2D eigenvalue weighted by atomic mass is 9.74. The Morgan fingerprint density at radius 1 is 0.645 bits per heavy atom. The first-order valence-corrected chi connectivity index (χ1v) is 12.2. The summed E-state index contributed by atoms with van der Waals surface area (Å²) in [5.41, 5.74) is 9.30. The normalized spacial score (nSPS) is 14.6. The fourth-order valence-corrected chi connectivity index (χ4v) is 5.65. The third kappa shape index (κ3) is 4.71. The van der Waals surface area contributed by atoms with Crippen molar-refractivity contribution in [3.05, 3.63) is 99.6 Å². The van der Waals surface area contributed by atoms with Crippen LogP contribution in [0.4, 0.5) is 0 Å². The Labute approximate surface area is 188 Å². The Hall–Kier alpha value is -2.54. The molecule has 1 nitrogen and oxygen atoms in total. The first-order valence-electron chi connectivity index (χ1n) is 12.2. The molecule has 1 aliphatic carbocycles. The SMILES string of the molecule is CCc1c(Cc2ccccc2)c(O)c(Cc2ccccc2)c(CC)c1C1CCCCC1. The summed E-state index contributed by atoms with van der Waals surface area (Å²) in [6.07, 6.45) is 10.2. The van der Waals surface area contributed by atoms with E-state index in [2.05, 4.69) is 74.5 Å². The van der Waals surface area contributed by atoms with E-state index in [0.29, 0.717) is 11.7 Å². The largest absolute Gasteiger partial charge is 0.507 e. The van der Waals surface area contributed by atoms with Crippen LogP contribution < -0.4 is 0 Å². The number of benzene rings is 3. The first kappa shape index (κ1) is 21.7. The molecule has 0 unspecified atom stereocenters. The molecule has 0 radical (unpaired) electrons. The van der Waals surface area contributed by atoms with Crippen LogP contribution in [0.5, 0.6) is 5.75 Å². The zero-order chi connectivity index (χ0) is 21.6. The summed E-state index contributed by atoms with van der Waals surface area (Å²) < 4.78 is 0. The molecule has 1 N–H and O–H groups in total. The summed E-state index contributed by atoms with van der Waals surface area (Å²) in [6, 6.07) is 21.3. The van der Waals surface area contributed by atoms with Gasteiger partial charge in [0.2, 0.25) is 0 Å². The molecule has 0 aliphatic heterocycles. The lowest BCUT2D eigenvalue weighted by molar-refractivity contribution is 0.433. The minimum atomic E-state index is 0.543. The van der Waals surface area contributed by atoms with Crippen LogP contribution in [0.2, 0.25) is 0 Å². The fraction of sp³-hybridized carbons (Fsp3) is 0.400. The quantitative estimate of drug-likeness (QED) is 0.420. The summed E-state index contributed by atoms with van der Waals surface area (Å²) in [5, 5.41) is 11.7. The predicted octanol–water partition coefficient (Wildman–Crippen LogP) is 7.75. The molecular weight excluding hydrogens is 376 g/mol. The Morgan fingerprint density at radius 2 is 1.10 bits per heavy atom. The summed E-state index contributed by atoms with van der Waals surface area (Å²) in [7, 11) is 0. The molecule has 162 valence electrons. The van der Waals surface area contributed by atoms with Gasteiger partial charge in [0.05, 0.1) is 0 Å². The van der Waals surface area contributed by atoms with Gasteiger partial charge >= 0.3 is 0 Å². The van der Waals surface area contributed by atoms with Crippen molar-refractivity contribution in [2.45, 2.75) is 77.6 Å². The molecule has 0 aromatic heterocycles. The van der Waals surface area contributed by atoms with E-state index in [9.17, 15) is 5.11 Å². The maximum absolute atomic E-state index is 11.7. The van der Waals surface area contributed by atoms with E-state index < -0.39 is 0 Å². The Kier molecular flexibility index (Phi) is 7.12. The van der Waals surface area contributed by atoms with Crippen LogP contribution in [0.3, 0.4) is 0 Å². The smallest absolute Gasteiger partial charge is 0.123 e. The van der Waals surface area contributed by atoms with Gasteiger partial charge in [0.15, 0.2) is 0 Å². The second-order valence-electron chi connectivity index (χ2n) is 9.04. The van der Waals surface area contributed by atoms with Crippen molar-refractivity contribution in [1.29, 1.82) is 0 Å². The van der Waals surface area contributed by atoms with Gasteiger partial charge in [-0.25, -0.2) is 0 Å². The van der Waals surface area contributed by atoms with Crippen molar-refractivity contribution < 1.29 is 5.11 Å². The van der Waals surface area contributed by atoms with E-state index in [-0.39, 0.29) is 0 Å². The zero-order valence-corrected chi connectivity index (χ0v) is 19.2. The predicted molar refractivity (Wildman–Crippen MR) is 131 cm³/mol. The molecule has 0 bridgehead atoms. The topological polar surface area (TPSA) is 20.2 Å². The van der Waals surface area contributed by atoms with Crippen LogP contribution in [0.15, 0.2) is 60.7 Å². The van der Waals surface area contributed by atoms with Gasteiger partial charge in [0, 0.05) is 24.0 Å². The van der Waals surface area contributed by atoms with Gasteiger partial charge in [0.25, 0.3) is 0 Å². The van der Waals surface area contributed by atoms with Crippen molar-refractivity contribution in [2.24, 2.45) is 0 Å². The molecule has 1 heteroatoms. The zero-order valence-electron chi connectivity index (χ0n) is 19.2. The molecule has 0 atom stereocenters. The highest BCUT2D eigenvalue weighted by Crippen LogP contribution is 2.44. The van der Waals surface area contributed by atoms with Gasteiger partial charge in [-0.3, -0.25) is 0 Å². The molecule has 1 aliphatic rings. The molecule has 3 aromatic carbocycles. The number of rotatable bonds is 7. The molecule has 1 saturated carbocycles. The third-order valence-electron chi connectivity index (χ3n) is 7.12. The fourth-order valence-electron chi connectivity index (χ4n) is 5.65. The molecule has 1 fully saturated rings. The Bertz CT molecular complexity index is 911. The van der Waals surface area contributed by atoms with Gasteiger partial charge in [0.1, 0.15) is 5.75 Å². The van der Waals surface area contributed by atoms with Crippen LogP contribution in [0.25, 0.3) is 0 Å². The number of phenols is 1. The van der Waals surface area contributed by atoms with Gasteiger partial charge in [-0.2, -0.15) is 0 Å². The van der Waals surface area contributed by atoms with Gasteiger partial charge in [-0.1, -0.05) is 93.8 Å². The number of hydrogen-bond acceptors (Lipinski definition) is 1. The van der Waals surface area contributed by atoms with E-state index in [1.54, 1.807) is 5.56 Å². The lowest BCUT2D eigenvalue weighted by Crippen LogP contribution is -2.15. The maximum Gasteiger partial charge on any atom is 0.123 e. The van der Waals surface area contributed by atoms with Crippen LogP contribution in [0, 0.1) is 0 Å². The summed E-state index contributed by atoms with van der Waals surface area (Å²) in [6.45, 7) is 4.54. The monoisotopic (exact) mass is 412 g/mol. The number of aromatic hydroxyl groups is 1. The minimum Gasteiger partial charge on any atom is -0.507 e. The maximum atomic E-state index is 11.7. The lowest BCUT2D eigenvalue weighted by Gasteiger charge is -2.31. The van der Waals surface area contributed by atoms with Crippen LogP contribution in [-0.2, 0) is 25.7 Å². The van der Waals surface area contributed by atoms with E-state index in [4.69, 9.17) is 0 Å². The third-order valence-corrected chi connectivity index (χ3v) is 7.12. The summed E-state index contributed by atoms with van der Waals surface area (Å²) >= 11 is 0. The van der Waals surface area contributed by atoms with Gasteiger partial charge < -0.3 is 5.11 Å². The first-order chi connectivity index (χ1) is 15.2. The standard InChI is InChI=1S/C30H36O/c1-3-25-27(20-22-14-8-5-9-15-22)30(31)28(21-23-16-10-6-11-17-23)26(4-2)29(25)24-18-12-7-13-19-24/h5-6,8-11,14-17,24,31H,3-4,7,12-13,18-21H2,1-2H3. The molecule has 0 saturated heterocycles. The molecule has 0 amide bonds. The average molecular weight is 413 g/mol. The van der Waals surface area contributed by atoms with Crippen molar-refractivity contribution >= 4 is 0 Å². The second kappa shape index (κ2) is 10.2. The van der Waals surface area contributed by atoms with Gasteiger partial charge in [-0.05, 0) is 59.4 Å². The summed E-state index contributed by atoms with van der Waals surface area (Å²) in [5.74, 6) is 1.18. The van der Waals surface area contributed by atoms with Crippen LogP contribution >= 0.6 is 0 Å². The number of hydrogen-bond donors (Lipinski definition) is 1. The van der Waals surface area contributed by atoms with E-state index >= 15 is 0 Å². The molecular formula is C30H36O. The molecule has 4 rings (SSSR count). The van der Waals surface area contributed by atoms with E-state index in [1.165, 1.54) is 54.4 Å². The highest BCUT2D eigenvalue weighted by Gasteiger charge is 2.27. The van der Waals surface area contributed by atoms with Crippen LogP contribution in [0.1, 0.15) is 90.8 Å². The Balaban J connectivity index is 1.90. The highest BCUT2D eigenvalue weighted by molar-refractivity contribution is 5.59. The van der Waals surface area contributed by atoms with Crippen molar-refractivity contribution in [3.8, 4) is 5.75 Å². The van der Waals surface area contributed by atoms with Crippen molar-refractivity contribution in [3.63, 3.8) is 0 Å².